The summed E-state index contributed by atoms with van der Waals surface area (Å²) in [5.74, 6) is 0.722. The van der Waals surface area contributed by atoms with E-state index >= 15 is 4.39 Å². The maximum atomic E-state index is 15.1. The fourth-order valence-electron chi connectivity index (χ4n) is 5.01. The number of aryl methyl sites for hydroxylation is 1. The Morgan fingerprint density at radius 2 is 1.74 bits per heavy atom. The molecule has 242 valence electrons. The van der Waals surface area contributed by atoms with Gasteiger partial charge in [-0.15, -0.1) is 0 Å². The summed E-state index contributed by atoms with van der Waals surface area (Å²) in [4.78, 5) is 26.6. The van der Waals surface area contributed by atoms with Gasteiger partial charge in [0, 0.05) is 62.2 Å². The molecule has 1 saturated heterocycles. The zero-order chi connectivity index (χ0) is 32.6. The van der Waals surface area contributed by atoms with Crippen LogP contribution in [0, 0.1) is 19.7 Å². The van der Waals surface area contributed by atoms with Gasteiger partial charge in [0.2, 0.25) is 11.8 Å². The number of carbonyl (C=O) groups is 1. The molecule has 0 radical (unpaired) electrons. The predicted molar refractivity (Wildman–Crippen MR) is 175 cm³/mol. The zero-order valence-corrected chi connectivity index (χ0v) is 26.7. The second-order valence-electron chi connectivity index (χ2n) is 11.0. The van der Waals surface area contributed by atoms with Gasteiger partial charge >= 0.3 is 6.09 Å². The van der Waals surface area contributed by atoms with Crippen LogP contribution < -0.4 is 29.6 Å². The number of rotatable bonds is 11. The van der Waals surface area contributed by atoms with Crippen molar-refractivity contribution in [2.24, 2.45) is 0 Å². The van der Waals surface area contributed by atoms with Gasteiger partial charge in [0.25, 0.3) is 0 Å². The number of anilines is 3. The number of carbonyl (C=O) groups excluding carboxylic acids is 1. The average Bonchev–Trinajstić information content (AvgIpc) is 3.04. The monoisotopic (exact) mass is 630 g/mol. The molecule has 0 saturated carbocycles. The lowest BCUT2D eigenvalue weighted by atomic mass is 10.0. The van der Waals surface area contributed by atoms with Crippen molar-refractivity contribution in [3.05, 3.63) is 77.6 Å². The van der Waals surface area contributed by atoms with Gasteiger partial charge in [-0.1, -0.05) is 18.2 Å². The summed E-state index contributed by atoms with van der Waals surface area (Å²) in [5.41, 5.74) is 4.23. The third-order valence-corrected chi connectivity index (χ3v) is 7.87. The normalized spacial score (nSPS) is 13.6. The van der Waals surface area contributed by atoms with Gasteiger partial charge < -0.3 is 29.2 Å². The summed E-state index contributed by atoms with van der Waals surface area (Å²) in [6, 6.07) is 17.0. The summed E-state index contributed by atoms with van der Waals surface area (Å²) in [5, 5.41) is 5.72. The van der Waals surface area contributed by atoms with E-state index in [1.54, 1.807) is 36.4 Å². The lowest BCUT2D eigenvalue weighted by Crippen LogP contribution is -2.45. The summed E-state index contributed by atoms with van der Waals surface area (Å²) < 4.78 is 37.0. The number of hydrogen-bond donors (Lipinski definition) is 2. The molecule has 1 aliphatic rings. The molecule has 5 rings (SSSR count). The molecule has 1 aromatic heterocycles. The van der Waals surface area contributed by atoms with Gasteiger partial charge in [-0.2, -0.15) is 4.98 Å². The summed E-state index contributed by atoms with van der Waals surface area (Å²) in [7, 11) is 5.13. The standard InChI is InChI=1S/C34H39FN6O5/c1-22-7-6-8-26(23(22)2)29-21-32(46-34(42)38-28-11-10-25(43-4)20-31(28)44-5)39-33(37-29)36-24-9-12-30(27(35)19-24)45-18-17-41-15-13-40(3)14-16-41/h6-12,19-21H,13-18H2,1-5H3,(H,38,42)(H,36,37,39). The Balaban J connectivity index is 1.33. The van der Waals surface area contributed by atoms with Crippen molar-refractivity contribution in [1.82, 2.24) is 19.8 Å². The second kappa shape index (κ2) is 14.9. The maximum Gasteiger partial charge on any atom is 0.418 e. The summed E-state index contributed by atoms with van der Waals surface area (Å²) in [6.07, 6.45) is -0.788. The van der Waals surface area contributed by atoms with Gasteiger partial charge in [-0.25, -0.2) is 14.2 Å². The fraction of sp³-hybridized carbons (Fsp3) is 0.324. The van der Waals surface area contributed by atoms with Crippen LogP contribution in [0.3, 0.4) is 0 Å². The van der Waals surface area contributed by atoms with Gasteiger partial charge in [0.05, 0.1) is 25.6 Å². The molecule has 0 spiro atoms. The first-order valence-electron chi connectivity index (χ1n) is 15.0. The van der Waals surface area contributed by atoms with Crippen molar-refractivity contribution in [2.75, 3.05) is 71.2 Å². The Labute approximate surface area is 268 Å². The average molecular weight is 631 g/mol. The summed E-state index contributed by atoms with van der Waals surface area (Å²) in [6.45, 7) is 9.07. The molecule has 2 heterocycles. The first kappa shape index (κ1) is 32.5. The van der Waals surface area contributed by atoms with Crippen LogP contribution in [-0.2, 0) is 0 Å². The molecule has 0 aliphatic carbocycles. The highest BCUT2D eigenvalue weighted by molar-refractivity contribution is 5.88. The van der Waals surface area contributed by atoms with Crippen LogP contribution in [0.2, 0.25) is 0 Å². The minimum atomic E-state index is -0.788. The first-order chi connectivity index (χ1) is 22.2. The highest BCUT2D eigenvalue weighted by Crippen LogP contribution is 2.31. The van der Waals surface area contributed by atoms with Crippen LogP contribution in [-0.4, -0.2) is 86.5 Å². The number of benzene rings is 3. The Hall–Kier alpha value is -4.94. The number of hydrogen-bond acceptors (Lipinski definition) is 10. The molecule has 1 fully saturated rings. The van der Waals surface area contributed by atoms with Gasteiger partial charge in [0.15, 0.2) is 11.6 Å². The SMILES string of the molecule is COc1ccc(NC(=O)Oc2cc(-c3cccc(C)c3C)nc(Nc3ccc(OCCN4CCN(C)CC4)c(F)c3)n2)c(OC)c1. The molecule has 3 aromatic carbocycles. The Morgan fingerprint density at radius 1 is 0.935 bits per heavy atom. The Morgan fingerprint density at radius 3 is 2.48 bits per heavy atom. The van der Waals surface area contributed by atoms with Crippen LogP contribution in [0.25, 0.3) is 11.3 Å². The third-order valence-electron chi connectivity index (χ3n) is 7.87. The molecule has 1 amide bonds. The number of aromatic nitrogens is 2. The van der Waals surface area contributed by atoms with Crippen molar-refractivity contribution in [3.8, 4) is 34.4 Å². The van der Waals surface area contributed by atoms with E-state index in [2.05, 4.69) is 37.4 Å². The predicted octanol–water partition coefficient (Wildman–Crippen LogP) is 5.90. The number of amides is 1. The molecular formula is C34H39FN6O5. The highest BCUT2D eigenvalue weighted by Gasteiger charge is 2.17. The van der Waals surface area contributed by atoms with Crippen molar-refractivity contribution >= 4 is 23.4 Å². The molecule has 4 aromatic rings. The van der Waals surface area contributed by atoms with E-state index in [4.69, 9.17) is 18.9 Å². The van der Waals surface area contributed by atoms with Crippen molar-refractivity contribution < 1.29 is 28.1 Å². The smallest absolute Gasteiger partial charge is 0.418 e. The number of methoxy groups -OCH3 is 2. The summed E-state index contributed by atoms with van der Waals surface area (Å²) >= 11 is 0. The number of ether oxygens (including phenoxy) is 4. The second-order valence-corrected chi connectivity index (χ2v) is 11.0. The Kier molecular flexibility index (Phi) is 10.5. The molecule has 2 N–H and O–H groups in total. The molecule has 12 heteroatoms. The van der Waals surface area contributed by atoms with E-state index < -0.39 is 11.9 Å². The largest absolute Gasteiger partial charge is 0.497 e. The van der Waals surface area contributed by atoms with Crippen LogP contribution in [0.1, 0.15) is 11.1 Å². The zero-order valence-electron chi connectivity index (χ0n) is 26.7. The molecule has 11 nitrogen and oxygen atoms in total. The van der Waals surface area contributed by atoms with E-state index in [1.807, 2.05) is 32.0 Å². The van der Waals surface area contributed by atoms with Crippen molar-refractivity contribution in [1.29, 1.82) is 0 Å². The van der Waals surface area contributed by atoms with Gasteiger partial charge in [-0.3, -0.25) is 10.2 Å². The highest BCUT2D eigenvalue weighted by atomic mass is 19.1. The maximum absolute atomic E-state index is 15.1. The third kappa shape index (κ3) is 8.20. The Bertz CT molecular complexity index is 1680. The number of likely N-dealkylation sites (N-methyl/N-ethyl adjacent to an activating group) is 1. The number of halogens is 1. The molecule has 0 unspecified atom stereocenters. The van der Waals surface area contributed by atoms with Crippen LogP contribution in [0.4, 0.5) is 26.5 Å². The molecular weight excluding hydrogens is 591 g/mol. The van der Waals surface area contributed by atoms with Gasteiger partial charge in [-0.05, 0) is 56.3 Å². The first-order valence-corrected chi connectivity index (χ1v) is 15.0. The van der Waals surface area contributed by atoms with Crippen LogP contribution >= 0.6 is 0 Å². The molecule has 0 bridgehead atoms. The molecule has 46 heavy (non-hydrogen) atoms. The topological polar surface area (TPSA) is 110 Å². The lowest BCUT2D eigenvalue weighted by Gasteiger charge is -2.32. The van der Waals surface area contributed by atoms with E-state index in [0.717, 1.165) is 49.4 Å². The number of nitrogens with zero attached hydrogens (tertiary/aromatic N) is 4. The quantitative estimate of drug-likeness (QED) is 0.208. The van der Waals surface area contributed by atoms with Gasteiger partial charge in [0.1, 0.15) is 18.1 Å². The lowest BCUT2D eigenvalue weighted by molar-refractivity contribution is 0.132. The van der Waals surface area contributed by atoms with Crippen molar-refractivity contribution in [3.63, 3.8) is 0 Å². The van der Waals surface area contributed by atoms with E-state index in [9.17, 15) is 4.79 Å². The molecule has 0 atom stereocenters. The number of piperazine rings is 1. The van der Waals surface area contributed by atoms with E-state index in [1.165, 1.54) is 20.3 Å². The number of nitrogens with one attached hydrogen (secondary N) is 2. The minimum Gasteiger partial charge on any atom is -0.497 e. The fourth-order valence-corrected chi connectivity index (χ4v) is 5.01. The van der Waals surface area contributed by atoms with Crippen molar-refractivity contribution in [2.45, 2.75) is 13.8 Å². The van der Waals surface area contributed by atoms with E-state index in [0.29, 0.717) is 35.2 Å². The molecule has 1 aliphatic heterocycles. The minimum absolute atomic E-state index is 0.0114. The van der Waals surface area contributed by atoms with E-state index in [-0.39, 0.29) is 17.6 Å². The van der Waals surface area contributed by atoms with Crippen LogP contribution in [0.5, 0.6) is 23.1 Å². The van der Waals surface area contributed by atoms with Crippen LogP contribution in [0.15, 0.2) is 60.7 Å².